The number of halogens is 1. The topological polar surface area (TPSA) is 80.3 Å². The van der Waals surface area contributed by atoms with Crippen molar-refractivity contribution in [1.29, 1.82) is 0 Å². The molecule has 1 aromatic carbocycles. The van der Waals surface area contributed by atoms with E-state index in [1.54, 1.807) is 49.7 Å². The Morgan fingerprint density at radius 1 is 1.13 bits per heavy atom. The zero-order chi connectivity index (χ0) is 21.3. The van der Waals surface area contributed by atoms with Gasteiger partial charge >= 0.3 is 0 Å². The maximum absolute atomic E-state index is 12.6. The number of amides is 2. The van der Waals surface area contributed by atoms with Crippen LogP contribution in [0.15, 0.2) is 42.6 Å². The van der Waals surface area contributed by atoms with Crippen molar-refractivity contribution >= 4 is 23.4 Å². The van der Waals surface area contributed by atoms with Crippen molar-refractivity contribution in [2.45, 2.75) is 38.3 Å². The maximum Gasteiger partial charge on any atom is 0.270 e. The SMILES string of the molecule is CCC(NC(=O)c1ccc(Cl)cc1)C1[C@H]2CC(NC(=O)c3ccc(OC)cn3)C[C@@H]12. The first-order valence-corrected chi connectivity index (χ1v) is 10.7. The number of ether oxygens (including phenoxy) is 1. The number of fused-ring (bicyclic) bond motifs is 1. The van der Waals surface area contributed by atoms with Crippen LogP contribution in [0.25, 0.3) is 0 Å². The van der Waals surface area contributed by atoms with Crippen molar-refractivity contribution in [2.24, 2.45) is 17.8 Å². The standard InChI is InChI=1S/C23H26ClN3O3/c1-3-19(27-22(28)13-4-6-14(24)7-5-13)21-17-10-15(11-18(17)21)26-23(29)20-9-8-16(30-2)12-25-20/h4-9,12,15,17-19,21H,3,10-11H2,1-2H3,(H,26,29)(H,27,28)/t15?,17-,18+,19?,21?. The van der Waals surface area contributed by atoms with Gasteiger partial charge in [0.05, 0.1) is 13.3 Å². The minimum atomic E-state index is -0.149. The Morgan fingerprint density at radius 2 is 1.83 bits per heavy atom. The predicted octanol–water partition coefficient (Wildman–Crippen LogP) is 3.71. The van der Waals surface area contributed by atoms with Gasteiger partial charge in [0, 0.05) is 22.7 Å². The molecule has 0 aliphatic heterocycles. The van der Waals surface area contributed by atoms with E-state index in [0.717, 1.165) is 19.3 Å². The fraction of sp³-hybridized carbons (Fsp3) is 0.435. The highest BCUT2D eigenvalue weighted by Gasteiger charge is 2.58. The molecule has 1 aromatic heterocycles. The highest BCUT2D eigenvalue weighted by molar-refractivity contribution is 6.30. The van der Waals surface area contributed by atoms with Gasteiger partial charge in [0.2, 0.25) is 0 Å². The molecule has 1 heterocycles. The second-order valence-corrected chi connectivity index (χ2v) is 8.56. The van der Waals surface area contributed by atoms with E-state index in [1.807, 2.05) is 0 Å². The number of rotatable bonds is 7. The fourth-order valence-corrected chi connectivity index (χ4v) is 4.95. The number of hydrogen-bond donors (Lipinski definition) is 2. The molecule has 2 aliphatic carbocycles. The number of pyridine rings is 1. The Kier molecular flexibility index (Phi) is 5.95. The number of methoxy groups -OCH3 is 1. The minimum Gasteiger partial charge on any atom is -0.495 e. The Balaban J connectivity index is 1.28. The summed E-state index contributed by atoms with van der Waals surface area (Å²) in [4.78, 5) is 29.2. The molecule has 2 aromatic rings. The van der Waals surface area contributed by atoms with Crippen molar-refractivity contribution < 1.29 is 14.3 Å². The minimum absolute atomic E-state index is 0.0566. The molecular weight excluding hydrogens is 402 g/mol. The lowest BCUT2D eigenvalue weighted by atomic mass is 9.99. The van der Waals surface area contributed by atoms with Gasteiger partial charge in [-0.3, -0.25) is 9.59 Å². The first-order valence-electron chi connectivity index (χ1n) is 10.4. The molecule has 7 heteroatoms. The summed E-state index contributed by atoms with van der Waals surface area (Å²) in [5.74, 6) is 2.01. The van der Waals surface area contributed by atoms with Crippen LogP contribution >= 0.6 is 11.6 Å². The third-order valence-corrected chi connectivity index (χ3v) is 6.63. The van der Waals surface area contributed by atoms with Gasteiger partial charge < -0.3 is 15.4 Å². The number of aromatic nitrogens is 1. The lowest BCUT2D eigenvalue weighted by molar-refractivity contribution is 0.0926. The normalized spacial score (nSPS) is 25.2. The van der Waals surface area contributed by atoms with Crippen molar-refractivity contribution in [1.82, 2.24) is 15.6 Å². The molecule has 0 radical (unpaired) electrons. The molecule has 0 spiro atoms. The van der Waals surface area contributed by atoms with Gasteiger partial charge in [0.1, 0.15) is 11.4 Å². The number of carbonyl (C=O) groups excluding carboxylic acids is 2. The van der Waals surface area contributed by atoms with Crippen LogP contribution in [-0.4, -0.2) is 36.0 Å². The van der Waals surface area contributed by atoms with Crippen LogP contribution in [0.5, 0.6) is 5.75 Å². The monoisotopic (exact) mass is 427 g/mol. The summed E-state index contributed by atoms with van der Waals surface area (Å²) >= 11 is 5.91. The van der Waals surface area contributed by atoms with Crippen LogP contribution in [0.1, 0.15) is 47.0 Å². The van der Waals surface area contributed by atoms with Gasteiger partial charge in [0.15, 0.2) is 0 Å². The molecule has 2 fully saturated rings. The Morgan fingerprint density at radius 3 is 2.40 bits per heavy atom. The van der Waals surface area contributed by atoms with Crippen LogP contribution < -0.4 is 15.4 Å². The lowest BCUT2D eigenvalue weighted by Gasteiger charge is -2.22. The Hall–Kier alpha value is -2.60. The molecule has 2 amide bonds. The highest BCUT2D eigenvalue weighted by atomic mass is 35.5. The van der Waals surface area contributed by atoms with Gasteiger partial charge in [-0.1, -0.05) is 18.5 Å². The van der Waals surface area contributed by atoms with Crippen LogP contribution in [0, 0.1) is 17.8 Å². The van der Waals surface area contributed by atoms with E-state index in [4.69, 9.17) is 16.3 Å². The molecule has 2 saturated carbocycles. The Bertz CT molecular complexity index is 904. The molecule has 30 heavy (non-hydrogen) atoms. The summed E-state index contributed by atoms with van der Waals surface area (Å²) in [6.07, 6.45) is 4.34. The third kappa shape index (κ3) is 4.29. The van der Waals surface area contributed by atoms with Gasteiger partial charge in [-0.25, -0.2) is 4.98 Å². The van der Waals surface area contributed by atoms with Crippen LogP contribution in [0.4, 0.5) is 0 Å². The molecule has 3 unspecified atom stereocenters. The smallest absolute Gasteiger partial charge is 0.270 e. The predicted molar refractivity (Wildman–Crippen MR) is 115 cm³/mol. The zero-order valence-corrected chi connectivity index (χ0v) is 17.9. The molecule has 5 atom stereocenters. The molecular formula is C23H26ClN3O3. The van der Waals surface area contributed by atoms with Crippen molar-refractivity contribution in [3.63, 3.8) is 0 Å². The van der Waals surface area contributed by atoms with Gasteiger partial charge in [-0.05, 0) is 73.4 Å². The average molecular weight is 428 g/mol. The number of benzene rings is 1. The van der Waals surface area contributed by atoms with Gasteiger partial charge in [-0.15, -0.1) is 0 Å². The summed E-state index contributed by atoms with van der Waals surface area (Å²) in [6.45, 7) is 2.11. The molecule has 158 valence electrons. The van der Waals surface area contributed by atoms with Crippen molar-refractivity contribution in [3.8, 4) is 5.75 Å². The van der Waals surface area contributed by atoms with Gasteiger partial charge in [-0.2, -0.15) is 0 Å². The molecule has 4 rings (SSSR count). The van der Waals surface area contributed by atoms with Crippen LogP contribution in [-0.2, 0) is 0 Å². The second kappa shape index (κ2) is 8.64. The summed E-state index contributed by atoms with van der Waals surface area (Å²) in [5, 5.41) is 6.91. The second-order valence-electron chi connectivity index (χ2n) is 8.13. The van der Waals surface area contributed by atoms with Crippen molar-refractivity contribution in [3.05, 3.63) is 58.9 Å². The summed E-state index contributed by atoms with van der Waals surface area (Å²) in [6, 6.07) is 10.7. The quantitative estimate of drug-likeness (QED) is 0.705. The molecule has 2 N–H and O–H groups in total. The van der Waals surface area contributed by atoms with Crippen LogP contribution in [0.2, 0.25) is 5.02 Å². The number of nitrogens with one attached hydrogen (secondary N) is 2. The number of hydrogen-bond acceptors (Lipinski definition) is 4. The first kappa shape index (κ1) is 20.7. The van der Waals surface area contributed by atoms with E-state index in [2.05, 4.69) is 22.5 Å². The van der Waals surface area contributed by atoms with E-state index in [-0.39, 0.29) is 23.9 Å². The van der Waals surface area contributed by atoms with Crippen molar-refractivity contribution in [2.75, 3.05) is 7.11 Å². The first-order chi connectivity index (χ1) is 14.5. The van der Waals surface area contributed by atoms with E-state index < -0.39 is 0 Å². The number of carbonyl (C=O) groups is 2. The maximum atomic E-state index is 12.6. The van der Waals surface area contributed by atoms with E-state index in [9.17, 15) is 9.59 Å². The van der Waals surface area contributed by atoms with E-state index >= 15 is 0 Å². The number of nitrogens with zero attached hydrogens (tertiary/aromatic N) is 1. The zero-order valence-electron chi connectivity index (χ0n) is 17.1. The van der Waals surface area contributed by atoms with E-state index in [0.29, 0.717) is 39.8 Å². The molecule has 2 aliphatic rings. The summed E-state index contributed by atoms with van der Waals surface area (Å²) < 4.78 is 5.08. The van der Waals surface area contributed by atoms with Gasteiger partial charge in [0.25, 0.3) is 11.8 Å². The summed E-state index contributed by atoms with van der Waals surface area (Å²) in [7, 11) is 1.57. The molecule has 6 nitrogen and oxygen atoms in total. The molecule has 0 saturated heterocycles. The summed E-state index contributed by atoms with van der Waals surface area (Å²) in [5.41, 5.74) is 1.02. The lowest BCUT2D eigenvalue weighted by Crippen LogP contribution is -2.39. The van der Waals surface area contributed by atoms with Crippen LogP contribution in [0.3, 0.4) is 0 Å². The van der Waals surface area contributed by atoms with E-state index in [1.165, 1.54) is 0 Å². The Labute approximate surface area is 181 Å². The fourth-order valence-electron chi connectivity index (χ4n) is 4.82. The molecule has 0 bridgehead atoms. The largest absolute Gasteiger partial charge is 0.495 e. The average Bonchev–Trinajstić information content (AvgIpc) is 3.25. The highest BCUT2D eigenvalue weighted by Crippen LogP contribution is 2.59. The third-order valence-electron chi connectivity index (χ3n) is 6.38.